The highest BCUT2D eigenvalue weighted by molar-refractivity contribution is 7.89. The summed E-state index contributed by atoms with van der Waals surface area (Å²) >= 11 is 1.54. The Bertz CT molecular complexity index is 1190. The van der Waals surface area contributed by atoms with E-state index in [1.807, 2.05) is 35.7 Å². The standard InChI is InChI=1S/C21H20N4O3S2/c1-28-18-7-4-6-16(13-18)19-15-29-21(23-19)24-9-11-25(12-10-24)30(26,27)20-8-3-2-5-17(20)14-22/h2-8,13,15H,9-12H2,1H3. The summed E-state index contributed by atoms with van der Waals surface area (Å²) in [6.45, 7) is 1.77. The Morgan fingerprint density at radius 1 is 1.10 bits per heavy atom. The molecule has 0 bridgehead atoms. The molecule has 3 aromatic rings. The molecule has 30 heavy (non-hydrogen) atoms. The van der Waals surface area contributed by atoms with Crippen LogP contribution in [-0.2, 0) is 10.0 Å². The summed E-state index contributed by atoms with van der Waals surface area (Å²) in [7, 11) is -2.07. The molecule has 0 radical (unpaired) electrons. The van der Waals surface area contributed by atoms with E-state index in [0.717, 1.165) is 22.1 Å². The number of hydrogen-bond donors (Lipinski definition) is 0. The normalized spacial score (nSPS) is 15.0. The van der Waals surface area contributed by atoms with E-state index in [1.54, 1.807) is 19.2 Å². The maximum Gasteiger partial charge on any atom is 0.244 e. The van der Waals surface area contributed by atoms with Crippen molar-refractivity contribution in [2.45, 2.75) is 4.90 Å². The predicted molar refractivity (Wildman–Crippen MR) is 116 cm³/mol. The molecule has 1 aliphatic heterocycles. The van der Waals surface area contributed by atoms with Gasteiger partial charge in [-0.25, -0.2) is 13.4 Å². The summed E-state index contributed by atoms with van der Waals surface area (Å²) in [5, 5.41) is 12.1. The fourth-order valence-corrected chi connectivity index (χ4v) is 5.82. The first-order chi connectivity index (χ1) is 14.5. The van der Waals surface area contributed by atoms with Gasteiger partial charge in [0.25, 0.3) is 0 Å². The van der Waals surface area contributed by atoms with Gasteiger partial charge in [-0.2, -0.15) is 9.57 Å². The van der Waals surface area contributed by atoms with Crippen molar-refractivity contribution in [3.05, 3.63) is 59.5 Å². The lowest BCUT2D eigenvalue weighted by Crippen LogP contribution is -2.48. The molecule has 1 aromatic heterocycles. The lowest BCUT2D eigenvalue weighted by Gasteiger charge is -2.33. The Morgan fingerprint density at radius 3 is 2.60 bits per heavy atom. The number of thiazole rings is 1. The van der Waals surface area contributed by atoms with E-state index in [2.05, 4.69) is 4.90 Å². The van der Waals surface area contributed by atoms with Gasteiger partial charge in [0, 0.05) is 37.1 Å². The van der Waals surface area contributed by atoms with E-state index in [0.29, 0.717) is 26.2 Å². The third-order valence-corrected chi connectivity index (χ3v) is 7.85. The first-order valence-corrected chi connectivity index (χ1v) is 11.7. The predicted octanol–water partition coefficient (Wildman–Crippen LogP) is 3.20. The number of piperazine rings is 1. The van der Waals surface area contributed by atoms with Gasteiger partial charge in [0.05, 0.1) is 23.3 Å². The molecule has 154 valence electrons. The number of benzene rings is 2. The molecule has 0 aliphatic carbocycles. The van der Waals surface area contributed by atoms with Crippen LogP contribution < -0.4 is 9.64 Å². The SMILES string of the molecule is COc1cccc(-c2csc(N3CCN(S(=O)(=O)c4ccccc4C#N)CC3)n2)c1. The molecule has 2 aromatic carbocycles. The molecule has 2 heterocycles. The van der Waals surface area contributed by atoms with Crippen LogP contribution in [0.1, 0.15) is 5.56 Å². The minimum Gasteiger partial charge on any atom is -0.497 e. The number of nitriles is 1. The van der Waals surface area contributed by atoms with Crippen LogP contribution in [-0.4, -0.2) is 51.0 Å². The molecule has 4 rings (SSSR count). The van der Waals surface area contributed by atoms with Crippen LogP contribution in [0.3, 0.4) is 0 Å². The van der Waals surface area contributed by atoms with Gasteiger partial charge in [0.2, 0.25) is 10.0 Å². The highest BCUT2D eigenvalue weighted by atomic mass is 32.2. The van der Waals surface area contributed by atoms with Crippen LogP contribution in [0.4, 0.5) is 5.13 Å². The summed E-state index contributed by atoms with van der Waals surface area (Å²) in [5.74, 6) is 0.776. The monoisotopic (exact) mass is 440 g/mol. The number of nitrogens with zero attached hydrogens (tertiary/aromatic N) is 4. The van der Waals surface area contributed by atoms with Crippen LogP contribution in [0.2, 0.25) is 0 Å². The third-order valence-electron chi connectivity index (χ3n) is 4.99. The van der Waals surface area contributed by atoms with Crippen molar-refractivity contribution < 1.29 is 13.2 Å². The maximum atomic E-state index is 13.0. The summed E-state index contributed by atoms with van der Waals surface area (Å²) in [4.78, 5) is 6.89. The second kappa shape index (κ2) is 8.44. The summed E-state index contributed by atoms with van der Waals surface area (Å²) in [6.07, 6.45) is 0. The fourth-order valence-electron chi connectivity index (χ4n) is 3.37. The quantitative estimate of drug-likeness (QED) is 0.606. The van der Waals surface area contributed by atoms with Gasteiger partial charge < -0.3 is 9.64 Å². The minimum absolute atomic E-state index is 0.0653. The number of rotatable bonds is 5. The van der Waals surface area contributed by atoms with Crippen molar-refractivity contribution in [2.75, 3.05) is 38.2 Å². The molecule has 0 spiro atoms. The van der Waals surface area contributed by atoms with E-state index in [4.69, 9.17) is 9.72 Å². The number of anilines is 1. The van der Waals surface area contributed by atoms with Crippen LogP contribution >= 0.6 is 11.3 Å². The van der Waals surface area contributed by atoms with Crippen molar-refractivity contribution >= 4 is 26.5 Å². The second-order valence-electron chi connectivity index (χ2n) is 6.75. The molecular formula is C21H20N4O3S2. The van der Waals surface area contributed by atoms with E-state index < -0.39 is 10.0 Å². The van der Waals surface area contributed by atoms with Gasteiger partial charge in [0.1, 0.15) is 11.8 Å². The average Bonchev–Trinajstić information content (AvgIpc) is 3.29. The highest BCUT2D eigenvalue weighted by Crippen LogP contribution is 2.30. The number of methoxy groups -OCH3 is 1. The highest BCUT2D eigenvalue weighted by Gasteiger charge is 2.31. The van der Waals surface area contributed by atoms with Gasteiger partial charge >= 0.3 is 0 Å². The Morgan fingerprint density at radius 2 is 1.87 bits per heavy atom. The maximum absolute atomic E-state index is 13.0. The van der Waals surface area contributed by atoms with Gasteiger partial charge in [-0.05, 0) is 24.3 Å². The van der Waals surface area contributed by atoms with Crippen molar-refractivity contribution in [3.8, 4) is 23.1 Å². The van der Waals surface area contributed by atoms with Gasteiger partial charge in [-0.3, -0.25) is 0 Å². The third kappa shape index (κ3) is 3.89. The Labute approximate surface area is 179 Å². The van der Waals surface area contributed by atoms with Crippen molar-refractivity contribution in [1.29, 1.82) is 5.26 Å². The molecule has 1 aliphatic rings. The second-order valence-corrected chi connectivity index (χ2v) is 9.49. The minimum atomic E-state index is -3.70. The van der Waals surface area contributed by atoms with Gasteiger partial charge in [-0.1, -0.05) is 24.3 Å². The van der Waals surface area contributed by atoms with E-state index >= 15 is 0 Å². The van der Waals surface area contributed by atoms with E-state index in [9.17, 15) is 13.7 Å². The molecule has 0 N–H and O–H groups in total. The Hall–Kier alpha value is -2.93. The van der Waals surface area contributed by atoms with Crippen LogP contribution in [0.25, 0.3) is 11.3 Å². The van der Waals surface area contributed by atoms with Crippen molar-refractivity contribution in [1.82, 2.24) is 9.29 Å². The summed E-state index contributed by atoms with van der Waals surface area (Å²) in [6, 6.07) is 16.0. The molecule has 0 amide bonds. The number of ether oxygens (including phenoxy) is 1. The number of aromatic nitrogens is 1. The number of sulfonamides is 1. The zero-order valence-electron chi connectivity index (χ0n) is 16.4. The van der Waals surface area contributed by atoms with Crippen molar-refractivity contribution in [2.24, 2.45) is 0 Å². The molecule has 1 saturated heterocycles. The largest absolute Gasteiger partial charge is 0.497 e. The van der Waals surface area contributed by atoms with Crippen LogP contribution in [0.5, 0.6) is 5.75 Å². The first kappa shape index (κ1) is 20.3. The van der Waals surface area contributed by atoms with E-state index in [-0.39, 0.29) is 10.5 Å². The lowest BCUT2D eigenvalue weighted by molar-refractivity contribution is 0.384. The first-order valence-electron chi connectivity index (χ1n) is 9.37. The molecular weight excluding hydrogens is 420 g/mol. The van der Waals surface area contributed by atoms with Crippen LogP contribution in [0, 0.1) is 11.3 Å². The smallest absolute Gasteiger partial charge is 0.244 e. The Balaban J connectivity index is 1.48. The average molecular weight is 441 g/mol. The topological polar surface area (TPSA) is 86.5 Å². The molecule has 0 saturated carbocycles. The van der Waals surface area contributed by atoms with Gasteiger partial charge in [0.15, 0.2) is 5.13 Å². The summed E-state index contributed by atoms with van der Waals surface area (Å²) < 4.78 is 32.7. The van der Waals surface area contributed by atoms with Crippen molar-refractivity contribution in [3.63, 3.8) is 0 Å². The van der Waals surface area contributed by atoms with Crippen LogP contribution in [0.15, 0.2) is 58.8 Å². The molecule has 0 atom stereocenters. The molecule has 7 nitrogen and oxygen atoms in total. The van der Waals surface area contributed by atoms with E-state index in [1.165, 1.54) is 27.8 Å². The zero-order valence-corrected chi connectivity index (χ0v) is 18.0. The Kier molecular flexibility index (Phi) is 5.72. The molecule has 9 heteroatoms. The molecule has 1 fully saturated rings. The zero-order chi connectivity index (χ0) is 21.1. The fraction of sp³-hybridized carbons (Fsp3) is 0.238. The number of hydrogen-bond acceptors (Lipinski definition) is 7. The summed E-state index contributed by atoms with van der Waals surface area (Å²) in [5.41, 5.74) is 2.01. The lowest BCUT2D eigenvalue weighted by atomic mass is 10.2. The van der Waals surface area contributed by atoms with Gasteiger partial charge in [-0.15, -0.1) is 11.3 Å². The molecule has 0 unspecified atom stereocenters.